The molecule has 0 aliphatic heterocycles. The Morgan fingerprint density at radius 2 is 1.96 bits per heavy atom. The number of carbonyl (C=O) groups is 2. The van der Waals surface area contributed by atoms with Crippen LogP contribution in [0, 0.1) is 0 Å². The van der Waals surface area contributed by atoms with Crippen molar-refractivity contribution in [1.29, 1.82) is 0 Å². The molecule has 2 N–H and O–H groups in total. The molecule has 1 unspecified atom stereocenters. The van der Waals surface area contributed by atoms with E-state index in [9.17, 15) is 9.59 Å². The molecule has 1 aromatic heterocycles. The summed E-state index contributed by atoms with van der Waals surface area (Å²) in [6, 6.07) is 10.5. The molecule has 1 atom stereocenters. The van der Waals surface area contributed by atoms with Crippen LogP contribution in [0.3, 0.4) is 0 Å². The Labute approximate surface area is 151 Å². The van der Waals surface area contributed by atoms with Crippen LogP contribution >= 0.6 is 11.3 Å². The van der Waals surface area contributed by atoms with Gasteiger partial charge < -0.3 is 15.4 Å². The maximum atomic E-state index is 12.5. The van der Waals surface area contributed by atoms with Crippen molar-refractivity contribution in [3.8, 4) is 5.75 Å². The maximum absolute atomic E-state index is 12.5. The number of ether oxygens (including phenoxy) is 1. The first-order valence-electron chi connectivity index (χ1n) is 8.05. The molecule has 132 valence electrons. The second-order valence-electron chi connectivity index (χ2n) is 5.54. The van der Waals surface area contributed by atoms with Gasteiger partial charge in [-0.15, -0.1) is 11.3 Å². The molecule has 0 saturated carbocycles. The van der Waals surface area contributed by atoms with Crippen molar-refractivity contribution >= 4 is 29.2 Å². The standard InChI is InChI=1S/C19H22N2O3S/c1-4-13(2)20-19(23)17(12-16-6-5-11-25-16)21-18(22)14-7-9-15(24-3)10-8-14/h5-13H,4H2,1-3H3,(H,20,23)(H,21,22)/b17-12-. The van der Waals surface area contributed by atoms with Crippen LogP contribution in [0.5, 0.6) is 5.75 Å². The van der Waals surface area contributed by atoms with Crippen LogP contribution in [0.15, 0.2) is 47.5 Å². The summed E-state index contributed by atoms with van der Waals surface area (Å²) in [5.41, 5.74) is 0.679. The van der Waals surface area contributed by atoms with Crippen LogP contribution in [-0.4, -0.2) is 25.0 Å². The summed E-state index contributed by atoms with van der Waals surface area (Å²) in [4.78, 5) is 25.9. The summed E-state index contributed by atoms with van der Waals surface area (Å²) in [5, 5.41) is 7.51. The van der Waals surface area contributed by atoms with Gasteiger partial charge in [-0.05, 0) is 55.1 Å². The van der Waals surface area contributed by atoms with Gasteiger partial charge >= 0.3 is 0 Å². The first-order chi connectivity index (χ1) is 12.0. The van der Waals surface area contributed by atoms with Crippen molar-refractivity contribution in [3.63, 3.8) is 0 Å². The van der Waals surface area contributed by atoms with Crippen molar-refractivity contribution in [2.24, 2.45) is 0 Å². The lowest BCUT2D eigenvalue weighted by atomic mass is 10.2. The van der Waals surface area contributed by atoms with Crippen LogP contribution < -0.4 is 15.4 Å². The van der Waals surface area contributed by atoms with Crippen molar-refractivity contribution in [2.45, 2.75) is 26.3 Å². The topological polar surface area (TPSA) is 67.4 Å². The van der Waals surface area contributed by atoms with Gasteiger partial charge in [0.25, 0.3) is 11.8 Å². The highest BCUT2D eigenvalue weighted by Gasteiger charge is 2.16. The van der Waals surface area contributed by atoms with Crippen LogP contribution in [0.4, 0.5) is 0 Å². The molecular weight excluding hydrogens is 336 g/mol. The van der Waals surface area contributed by atoms with Gasteiger partial charge in [0.1, 0.15) is 11.4 Å². The predicted octanol–water partition coefficient (Wildman–Crippen LogP) is 3.44. The number of methoxy groups -OCH3 is 1. The number of benzene rings is 1. The van der Waals surface area contributed by atoms with E-state index in [0.29, 0.717) is 11.3 Å². The van der Waals surface area contributed by atoms with E-state index < -0.39 is 0 Å². The zero-order valence-corrected chi connectivity index (χ0v) is 15.4. The van der Waals surface area contributed by atoms with E-state index >= 15 is 0 Å². The lowest BCUT2D eigenvalue weighted by Gasteiger charge is -2.14. The Hall–Kier alpha value is -2.60. The van der Waals surface area contributed by atoms with Crippen LogP contribution in [0.25, 0.3) is 6.08 Å². The molecule has 1 aromatic carbocycles. The number of nitrogens with one attached hydrogen (secondary N) is 2. The van der Waals surface area contributed by atoms with Crippen molar-refractivity contribution in [1.82, 2.24) is 10.6 Å². The first kappa shape index (κ1) is 18.7. The largest absolute Gasteiger partial charge is 0.497 e. The average Bonchev–Trinajstić information content (AvgIpc) is 3.14. The van der Waals surface area contributed by atoms with E-state index in [1.165, 1.54) is 11.3 Å². The smallest absolute Gasteiger partial charge is 0.268 e. The molecule has 0 saturated heterocycles. The number of amides is 2. The van der Waals surface area contributed by atoms with E-state index in [4.69, 9.17) is 4.74 Å². The van der Waals surface area contributed by atoms with Gasteiger partial charge in [-0.25, -0.2) is 0 Å². The normalized spacial score (nSPS) is 12.4. The first-order valence-corrected chi connectivity index (χ1v) is 8.93. The summed E-state index contributed by atoms with van der Waals surface area (Å²) in [6.45, 7) is 3.91. The van der Waals surface area contributed by atoms with Crippen molar-refractivity contribution in [2.75, 3.05) is 7.11 Å². The minimum absolute atomic E-state index is 0.0251. The second-order valence-corrected chi connectivity index (χ2v) is 6.52. The molecule has 0 radical (unpaired) electrons. The fraction of sp³-hybridized carbons (Fsp3) is 0.263. The van der Waals surface area contributed by atoms with Crippen molar-refractivity contribution in [3.05, 3.63) is 57.9 Å². The molecule has 25 heavy (non-hydrogen) atoms. The highest BCUT2D eigenvalue weighted by atomic mass is 32.1. The lowest BCUT2D eigenvalue weighted by molar-refractivity contribution is -0.118. The van der Waals surface area contributed by atoms with Gasteiger partial charge in [0.2, 0.25) is 0 Å². The number of hydrogen-bond donors (Lipinski definition) is 2. The Morgan fingerprint density at radius 3 is 2.52 bits per heavy atom. The summed E-state index contributed by atoms with van der Waals surface area (Å²) in [6.07, 6.45) is 2.49. The molecule has 5 nitrogen and oxygen atoms in total. The van der Waals surface area contributed by atoms with E-state index in [2.05, 4.69) is 10.6 Å². The highest BCUT2D eigenvalue weighted by molar-refractivity contribution is 7.10. The molecule has 0 fully saturated rings. The van der Waals surface area contributed by atoms with E-state index in [1.807, 2.05) is 31.4 Å². The Balaban J connectivity index is 2.19. The van der Waals surface area contributed by atoms with Gasteiger partial charge in [0.05, 0.1) is 7.11 Å². The molecule has 0 spiro atoms. The number of rotatable bonds is 7. The highest BCUT2D eigenvalue weighted by Crippen LogP contribution is 2.14. The molecule has 2 aromatic rings. The minimum atomic E-state index is -0.343. The number of thiophene rings is 1. The van der Waals surface area contributed by atoms with E-state index in [0.717, 1.165) is 11.3 Å². The van der Waals surface area contributed by atoms with Gasteiger partial charge in [0.15, 0.2) is 0 Å². The predicted molar refractivity (Wildman–Crippen MR) is 101 cm³/mol. The SMILES string of the molecule is CCC(C)NC(=O)/C(=C/c1cccs1)NC(=O)c1ccc(OC)cc1. The Kier molecular flexibility index (Phi) is 6.77. The molecule has 1 heterocycles. The fourth-order valence-electron chi connectivity index (χ4n) is 2.01. The van der Waals surface area contributed by atoms with Gasteiger partial charge in [-0.2, -0.15) is 0 Å². The zero-order chi connectivity index (χ0) is 18.2. The average molecular weight is 358 g/mol. The van der Waals surface area contributed by atoms with Crippen LogP contribution in [-0.2, 0) is 4.79 Å². The third kappa shape index (κ3) is 5.46. The molecule has 2 amide bonds. The second kappa shape index (κ2) is 9.03. The lowest BCUT2D eigenvalue weighted by Crippen LogP contribution is -2.38. The molecular formula is C19H22N2O3S. The third-order valence-electron chi connectivity index (χ3n) is 3.66. The van der Waals surface area contributed by atoms with Crippen molar-refractivity contribution < 1.29 is 14.3 Å². The Morgan fingerprint density at radius 1 is 1.24 bits per heavy atom. The molecule has 0 aliphatic carbocycles. The maximum Gasteiger partial charge on any atom is 0.268 e. The molecule has 0 bridgehead atoms. The Bertz CT molecular complexity index is 737. The quantitative estimate of drug-likeness (QED) is 0.745. The van der Waals surface area contributed by atoms with Gasteiger partial charge in [-0.1, -0.05) is 13.0 Å². The van der Waals surface area contributed by atoms with Crippen LogP contribution in [0.1, 0.15) is 35.5 Å². The fourth-order valence-corrected chi connectivity index (χ4v) is 2.67. The monoisotopic (exact) mass is 358 g/mol. The number of hydrogen-bond acceptors (Lipinski definition) is 4. The van der Waals surface area contributed by atoms with Gasteiger partial charge in [-0.3, -0.25) is 9.59 Å². The third-order valence-corrected chi connectivity index (χ3v) is 4.48. The minimum Gasteiger partial charge on any atom is -0.497 e. The van der Waals surface area contributed by atoms with Crippen LogP contribution in [0.2, 0.25) is 0 Å². The molecule has 2 rings (SSSR count). The van der Waals surface area contributed by atoms with Gasteiger partial charge in [0, 0.05) is 16.5 Å². The summed E-state index contributed by atoms with van der Waals surface area (Å²) in [5.74, 6) is 0.0230. The number of carbonyl (C=O) groups excluding carboxylic acids is 2. The summed E-state index contributed by atoms with van der Waals surface area (Å²) < 4.78 is 5.09. The van der Waals surface area contributed by atoms with E-state index in [1.54, 1.807) is 37.5 Å². The summed E-state index contributed by atoms with van der Waals surface area (Å²) in [7, 11) is 1.57. The molecule has 0 aliphatic rings. The summed E-state index contributed by atoms with van der Waals surface area (Å²) >= 11 is 1.50. The van der Waals surface area contributed by atoms with E-state index in [-0.39, 0.29) is 23.6 Å². The zero-order valence-electron chi connectivity index (χ0n) is 14.5. The molecule has 6 heteroatoms.